The van der Waals surface area contributed by atoms with Gasteiger partial charge in [0, 0.05) is 6.04 Å². The monoisotopic (exact) mass is 284 g/mol. The fraction of sp³-hybridized carbons (Fsp3) is 0.571. The van der Waals surface area contributed by atoms with Gasteiger partial charge in [0.05, 0.1) is 4.90 Å². The van der Waals surface area contributed by atoms with Gasteiger partial charge in [0.15, 0.2) is 0 Å². The van der Waals surface area contributed by atoms with E-state index in [1.807, 2.05) is 13.0 Å². The molecule has 0 aliphatic carbocycles. The van der Waals surface area contributed by atoms with E-state index in [0.717, 1.165) is 26.1 Å². The Morgan fingerprint density at radius 3 is 2.26 bits per heavy atom. The second-order valence-electron chi connectivity index (χ2n) is 4.65. The van der Waals surface area contributed by atoms with E-state index in [-0.39, 0.29) is 6.04 Å². The van der Waals surface area contributed by atoms with Crippen LogP contribution in [0.5, 0.6) is 0 Å². The number of nitrogens with zero attached hydrogens (tertiary/aromatic N) is 1. The van der Waals surface area contributed by atoms with Crippen LogP contribution in [0.25, 0.3) is 0 Å². The van der Waals surface area contributed by atoms with Gasteiger partial charge in [0.2, 0.25) is 10.0 Å². The Kier molecular flexibility index (Phi) is 6.48. The Bertz CT molecular complexity index is 456. The van der Waals surface area contributed by atoms with Gasteiger partial charge in [-0.15, -0.1) is 0 Å². The average molecular weight is 284 g/mol. The van der Waals surface area contributed by atoms with Crippen LogP contribution in [0, 0.1) is 0 Å². The Hall–Kier alpha value is -0.910. The molecule has 0 unspecified atom stereocenters. The van der Waals surface area contributed by atoms with Crippen LogP contribution in [-0.4, -0.2) is 39.0 Å². The predicted molar refractivity (Wildman–Crippen MR) is 78.6 cm³/mol. The Morgan fingerprint density at radius 2 is 1.74 bits per heavy atom. The SMILES string of the molecule is CCN(CC)CC[C@@H](C)NS(=O)(=O)c1ccccc1. The molecule has 0 aliphatic heterocycles. The maximum Gasteiger partial charge on any atom is 0.240 e. The van der Waals surface area contributed by atoms with E-state index in [9.17, 15) is 8.42 Å². The second-order valence-corrected chi connectivity index (χ2v) is 6.36. The van der Waals surface area contributed by atoms with Crippen LogP contribution >= 0.6 is 0 Å². The van der Waals surface area contributed by atoms with Crippen LogP contribution in [-0.2, 0) is 10.0 Å². The summed E-state index contributed by atoms with van der Waals surface area (Å²) >= 11 is 0. The van der Waals surface area contributed by atoms with E-state index in [2.05, 4.69) is 23.5 Å². The molecule has 1 atom stereocenters. The summed E-state index contributed by atoms with van der Waals surface area (Å²) in [4.78, 5) is 2.61. The molecule has 19 heavy (non-hydrogen) atoms. The minimum absolute atomic E-state index is 0.0641. The molecule has 1 aromatic carbocycles. The fourth-order valence-corrected chi connectivity index (χ4v) is 3.21. The second kappa shape index (κ2) is 7.62. The predicted octanol–water partition coefficient (Wildman–Crippen LogP) is 2.09. The Labute approximate surface area is 116 Å². The van der Waals surface area contributed by atoms with E-state index in [1.54, 1.807) is 24.3 Å². The third-order valence-electron chi connectivity index (χ3n) is 3.18. The largest absolute Gasteiger partial charge is 0.304 e. The lowest BCUT2D eigenvalue weighted by Gasteiger charge is -2.21. The molecule has 0 heterocycles. The quantitative estimate of drug-likeness (QED) is 0.795. The van der Waals surface area contributed by atoms with Crippen molar-refractivity contribution in [3.8, 4) is 0 Å². The smallest absolute Gasteiger partial charge is 0.240 e. The van der Waals surface area contributed by atoms with E-state index in [4.69, 9.17) is 0 Å². The molecule has 1 aromatic rings. The van der Waals surface area contributed by atoms with Crippen molar-refractivity contribution < 1.29 is 8.42 Å². The molecule has 0 saturated carbocycles. The highest BCUT2D eigenvalue weighted by molar-refractivity contribution is 7.89. The van der Waals surface area contributed by atoms with Gasteiger partial charge in [0.25, 0.3) is 0 Å². The van der Waals surface area contributed by atoms with Crippen LogP contribution in [0.3, 0.4) is 0 Å². The van der Waals surface area contributed by atoms with Crippen molar-refractivity contribution in [3.63, 3.8) is 0 Å². The van der Waals surface area contributed by atoms with E-state index >= 15 is 0 Å². The summed E-state index contributed by atoms with van der Waals surface area (Å²) < 4.78 is 26.9. The number of nitrogens with one attached hydrogen (secondary N) is 1. The van der Waals surface area contributed by atoms with Crippen LogP contribution in [0.2, 0.25) is 0 Å². The first-order valence-electron chi connectivity index (χ1n) is 6.79. The van der Waals surface area contributed by atoms with E-state index in [1.165, 1.54) is 0 Å². The molecule has 4 nitrogen and oxygen atoms in total. The highest BCUT2D eigenvalue weighted by Gasteiger charge is 2.16. The highest BCUT2D eigenvalue weighted by Crippen LogP contribution is 2.09. The molecular formula is C14H24N2O2S. The average Bonchev–Trinajstić information content (AvgIpc) is 2.40. The zero-order chi connectivity index (χ0) is 14.3. The maximum absolute atomic E-state index is 12.1. The molecule has 0 aromatic heterocycles. The molecular weight excluding hydrogens is 260 g/mol. The number of benzene rings is 1. The van der Waals surface area contributed by atoms with E-state index < -0.39 is 10.0 Å². The van der Waals surface area contributed by atoms with Crippen LogP contribution in [0.15, 0.2) is 35.2 Å². The lowest BCUT2D eigenvalue weighted by molar-refractivity contribution is 0.290. The molecule has 0 aliphatic rings. The Balaban J connectivity index is 2.54. The highest BCUT2D eigenvalue weighted by atomic mass is 32.2. The molecule has 1 N–H and O–H groups in total. The van der Waals surface area contributed by atoms with Crippen LogP contribution < -0.4 is 4.72 Å². The normalized spacial score (nSPS) is 13.7. The summed E-state index contributed by atoms with van der Waals surface area (Å²) in [6, 6.07) is 8.43. The third kappa shape index (κ3) is 5.30. The summed E-state index contributed by atoms with van der Waals surface area (Å²) in [7, 11) is -3.39. The summed E-state index contributed by atoms with van der Waals surface area (Å²) in [5, 5.41) is 0. The van der Waals surface area contributed by atoms with Crippen molar-refractivity contribution in [1.82, 2.24) is 9.62 Å². The molecule has 5 heteroatoms. The third-order valence-corrected chi connectivity index (χ3v) is 4.79. The van der Waals surface area contributed by atoms with Gasteiger partial charge in [-0.05, 0) is 45.1 Å². The molecule has 1 rings (SSSR count). The first-order valence-corrected chi connectivity index (χ1v) is 8.27. The van der Waals surface area contributed by atoms with Crippen molar-refractivity contribution in [2.24, 2.45) is 0 Å². The molecule has 0 amide bonds. The van der Waals surface area contributed by atoms with Crippen LogP contribution in [0.1, 0.15) is 27.2 Å². The zero-order valence-electron chi connectivity index (χ0n) is 12.0. The lowest BCUT2D eigenvalue weighted by Crippen LogP contribution is -2.36. The zero-order valence-corrected chi connectivity index (χ0v) is 12.8. The summed E-state index contributed by atoms with van der Waals surface area (Å²) in [6.07, 6.45) is 0.813. The summed E-state index contributed by atoms with van der Waals surface area (Å²) in [5.41, 5.74) is 0. The van der Waals surface area contributed by atoms with Gasteiger partial charge in [-0.3, -0.25) is 0 Å². The standard InChI is InChI=1S/C14H24N2O2S/c1-4-16(5-2)12-11-13(3)15-19(17,18)14-9-7-6-8-10-14/h6-10,13,15H,4-5,11-12H2,1-3H3/t13-/m1/s1. The van der Waals surface area contributed by atoms with Crippen molar-refractivity contribution in [2.45, 2.75) is 38.1 Å². The fourth-order valence-electron chi connectivity index (χ4n) is 1.91. The first-order chi connectivity index (χ1) is 8.99. The van der Waals surface area contributed by atoms with Crippen LogP contribution in [0.4, 0.5) is 0 Å². The minimum atomic E-state index is -3.39. The van der Waals surface area contributed by atoms with Gasteiger partial charge in [-0.25, -0.2) is 13.1 Å². The number of hydrogen-bond donors (Lipinski definition) is 1. The van der Waals surface area contributed by atoms with E-state index in [0.29, 0.717) is 4.90 Å². The molecule has 0 radical (unpaired) electrons. The molecule has 0 saturated heterocycles. The Morgan fingerprint density at radius 1 is 1.16 bits per heavy atom. The van der Waals surface area contributed by atoms with Gasteiger partial charge in [0.1, 0.15) is 0 Å². The van der Waals surface area contributed by atoms with Crippen molar-refractivity contribution >= 4 is 10.0 Å². The summed E-state index contributed by atoms with van der Waals surface area (Å²) in [6.45, 7) is 9.03. The molecule has 0 fully saturated rings. The topological polar surface area (TPSA) is 49.4 Å². The minimum Gasteiger partial charge on any atom is -0.304 e. The maximum atomic E-state index is 12.1. The van der Waals surface area contributed by atoms with Crippen molar-refractivity contribution in [2.75, 3.05) is 19.6 Å². The number of sulfonamides is 1. The van der Waals surface area contributed by atoms with Crippen molar-refractivity contribution in [1.29, 1.82) is 0 Å². The van der Waals surface area contributed by atoms with Gasteiger partial charge in [-0.1, -0.05) is 32.0 Å². The number of rotatable bonds is 8. The first kappa shape index (κ1) is 16.1. The molecule has 108 valence electrons. The summed E-state index contributed by atoms with van der Waals surface area (Å²) in [5.74, 6) is 0. The molecule has 0 bridgehead atoms. The van der Waals surface area contributed by atoms with Crippen molar-refractivity contribution in [3.05, 3.63) is 30.3 Å². The number of hydrogen-bond acceptors (Lipinski definition) is 3. The van der Waals surface area contributed by atoms with Gasteiger partial charge in [-0.2, -0.15) is 0 Å². The lowest BCUT2D eigenvalue weighted by atomic mass is 10.2. The molecule has 0 spiro atoms. The van der Waals surface area contributed by atoms with Gasteiger partial charge < -0.3 is 4.90 Å². The van der Waals surface area contributed by atoms with Gasteiger partial charge >= 0.3 is 0 Å².